The van der Waals surface area contributed by atoms with E-state index in [1.165, 1.54) is 18.2 Å². The van der Waals surface area contributed by atoms with E-state index in [4.69, 9.17) is 0 Å². The van der Waals surface area contributed by atoms with Crippen molar-refractivity contribution >= 4 is 27.5 Å². The number of carbonyl (C=O) groups is 2. The largest absolute Gasteiger partial charge is 0.354 e. The molecule has 144 valence electrons. The van der Waals surface area contributed by atoms with Crippen LogP contribution in [0.3, 0.4) is 0 Å². The van der Waals surface area contributed by atoms with Gasteiger partial charge in [0.2, 0.25) is 15.9 Å². The van der Waals surface area contributed by atoms with Gasteiger partial charge in [0, 0.05) is 25.2 Å². The maximum Gasteiger partial charge on any atom is 0.281 e. The van der Waals surface area contributed by atoms with Gasteiger partial charge in [0.05, 0.1) is 15.5 Å². The highest BCUT2D eigenvalue weighted by molar-refractivity contribution is 7.89. The standard InChI is InChI=1S/C15H17N5O6S/c1-9-10(2)18-19-15(22)13(9)14(21)16-6-7-17-27(25,26)12-5-3-4-11(8-12)20(23)24/h3-5,8,13,17H,6-7H2,1-2H3,(H,16,21). The first-order valence-corrected chi connectivity index (χ1v) is 9.26. The lowest BCUT2D eigenvalue weighted by atomic mass is 9.96. The smallest absolute Gasteiger partial charge is 0.281 e. The van der Waals surface area contributed by atoms with Crippen LogP contribution in [0, 0.1) is 16.0 Å². The normalized spacial score (nSPS) is 17.1. The van der Waals surface area contributed by atoms with Crippen LogP contribution >= 0.6 is 0 Å². The molecule has 0 aliphatic carbocycles. The second-order valence-electron chi connectivity index (χ2n) is 5.68. The number of nitro benzene ring substituents is 1. The molecule has 0 saturated heterocycles. The summed E-state index contributed by atoms with van der Waals surface area (Å²) < 4.78 is 26.6. The molecule has 1 aliphatic rings. The quantitative estimate of drug-likeness (QED) is 0.302. The predicted octanol–water partition coefficient (Wildman–Crippen LogP) is 0.892. The molecule has 0 saturated carbocycles. The Balaban J connectivity index is 1.93. The molecule has 1 aliphatic heterocycles. The van der Waals surface area contributed by atoms with Gasteiger partial charge in [-0.2, -0.15) is 5.11 Å². The lowest BCUT2D eigenvalue weighted by molar-refractivity contribution is -0.385. The van der Waals surface area contributed by atoms with Crippen molar-refractivity contribution < 1.29 is 22.9 Å². The average Bonchev–Trinajstić information content (AvgIpc) is 2.62. The molecule has 2 rings (SSSR count). The number of allylic oxidation sites excluding steroid dienone is 1. The van der Waals surface area contributed by atoms with E-state index in [1.807, 2.05) is 0 Å². The summed E-state index contributed by atoms with van der Waals surface area (Å²) in [7, 11) is -3.98. The number of amides is 2. The third-order valence-corrected chi connectivity index (χ3v) is 5.33. The number of sulfonamides is 1. The Morgan fingerprint density at radius 3 is 2.63 bits per heavy atom. The molecule has 11 nitrogen and oxygen atoms in total. The zero-order chi connectivity index (χ0) is 20.2. The number of carbonyl (C=O) groups excluding carboxylic acids is 2. The first-order valence-electron chi connectivity index (χ1n) is 7.78. The summed E-state index contributed by atoms with van der Waals surface area (Å²) in [4.78, 5) is 33.7. The fourth-order valence-corrected chi connectivity index (χ4v) is 3.36. The minimum Gasteiger partial charge on any atom is -0.354 e. The molecular weight excluding hydrogens is 378 g/mol. The monoisotopic (exact) mass is 395 g/mol. The fourth-order valence-electron chi connectivity index (χ4n) is 2.28. The number of benzene rings is 1. The van der Waals surface area contributed by atoms with Crippen molar-refractivity contribution in [2.24, 2.45) is 16.1 Å². The van der Waals surface area contributed by atoms with Crippen molar-refractivity contribution in [3.8, 4) is 0 Å². The highest BCUT2D eigenvalue weighted by Crippen LogP contribution is 2.22. The van der Waals surface area contributed by atoms with Gasteiger partial charge in [-0.1, -0.05) is 6.07 Å². The molecule has 2 amide bonds. The molecule has 1 aromatic carbocycles. The second-order valence-corrected chi connectivity index (χ2v) is 7.45. The number of non-ortho nitro benzene ring substituents is 1. The number of nitro groups is 1. The third kappa shape index (κ3) is 4.80. The van der Waals surface area contributed by atoms with Gasteiger partial charge in [-0.3, -0.25) is 19.7 Å². The molecule has 27 heavy (non-hydrogen) atoms. The van der Waals surface area contributed by atoms with E-state index in [9.17, 15) is 28.1 Å². The summed E-state index contributed by atoms with van der Waals surface area (Å²) in [5.41, 5.74) is 0.597. The topological polar surface area (TPSA) is 160 Å². The van der Waals surface area contributed by atoms with Gasteiger partial charge in [0.25, 0.3) is 11.6 Å². The number of hydrogen-bond acceptors (Lipinski definition) is 7. The molecule has 0 fully saturated rings. The van der Waals surface area contributed by atoms with E-state index >= 15 is 0 Å². The lowest BCUT2D eigenvalue weighted by Crippen LogP contribution is -2.40. The van der Waals surface area contributed by atoms with E-state index in [0.29, 0.717) is 11.3 Å². The lowest BCUT2D eigenvalue weighted by Gasteiger charge is -2.17. The van der Waals surface area contributed by atoms with Crippen LogP contribution in [-0.2, 0) is 19.6 Å². The summed E-state index contributed by atoms with van der Waals surface area (Å²) in [6.07, 6.45) is 0. The average molecular weight is 395 g/mol. The van der Waals surface area contributed by atoms with Crippen molar-refractivity contribution in [2.75, 3.05) is 13.1 Å². The van der Waals surface area contributed by atoms with Gasteiger partial charge in [-0.15, -0.1) is 5.11 Å². The summed E-state index contributed by atoms with van der Waals surface area (Å²) >= 11 is 0. The number of rotatable bonds is 7. The van der Waals surface area contributed by atoms with Crippen LogP contribution in [0.25, 0.3) is 0 Å². The summed E-state index contributed by atoms with van der Waals surface area (Å²) in [6.45, 7) is 2.97. The zero-order valence-corrected chi connectivity index (χ0v) is 15.3. The molecule has 0 spiro atoms. The summed E-state index contributed by atoms with van der Waals surface area (Å²) in [6, 6.07) is 4.59. The van der Waals surface area contributed by atoms with E-state index in [0.717, 1.165) is 6.07 Å². The molecule has 12 heteroatoms. The van der Waals surface area contributed by atoms with E-state index in [1.54, 1.807) is 13.8 Å². The molecule has 1 unspecified atom stereocenters. The molecule has 0 aromatic heterocycles. The molecule has 1 atom stereocenters. The van der Waals surface area contributed by atoms with Gasteiger partial charge in [-0.25, -0.2) is 13.1 Å². The fraction of sp³-hybridized carbons (Fsp3) is 0.333. The van der Waals surface area contributed by atoms with E-state index in [2.05, 4.69) is 20.3 Å². The first kappa shape index (κ1) is 20.3. The molecule has 1 heterocycles. The second kappa shape index (κ2) is 8.14. The van der Waals surface area contributed by atoms with Crippen LogP contribution in [0.2, 0.25) is 0 Å². The van der Waals surface area contributed by atoms with E-state index < -0.39 is 32.7 Å². The molecule has 1 aromatic rings. The minimum atomic E-state index is -3.98. The molecule has 0 bridgehead atoms. The van der Waals surface area contributed by atoms with Crippen molar-refractivity contribution in [1.29, 1.82) is 0 Å². The maximum atomic E-state index is 12.2. The number of hydrogen-bond donors (Lipinski definition) is 2. The predicted molar refractivity (Wildman–Crippen MR) is 93.0 cm³/mol. The van der Waals surface area contributed by atoms with Crippen LogP contribution in [0.5, 0.6) is 0 Å². The Kier molecular flexibility index (Phi) is 6.13. The molecular formula is C15H17N5O6S. The Morgan fingerprint density at radius 2 is 1.96 bits per heavy atom. The van der Waals surface area contributed by atoms with Crippen LogP contribution in [0.4, 0.5) is 5.69 Å². The van der Waals surface area contributed by atoms with Crippen molar-refractivity contribution in [2.45, 2.75) is 18.7 Å². The summed E-state index contributed by atoms with van der Waals surface area (Å²) in [5, 5.41) is 20.2. The number of nitrogens with zero attached hydrogens (tertiary/aromatic N) is 3. The Morgan fingerprint density at radius 1 is 1.26 bits per heavy atom. The number of nitrogens with one attached hydrogen (secondary N) is 2. The van der Waals surface area contributed by atoms with Crippen molar-refractivity contribution in [3.63, 3.8) is 0 Å². The summed E-state index contributed by atoms with van der Waals surface area (Å²) in [5.74, 6) is -2.38. The number of azo groups is 1. The van der Waals surface area contributed by atoms with Gasteiger partial charge in [-0.05, 0) is 25.5 Å². The first-order chi connectivity index (χ1) is 12.6. The Labute approximate surface area is 154 Å². The Bertz CT molecular complexity index is 953. The van der Waals surface area contributed by atoms with Crippen molar-refractivity contribution in [1.82, 2.24) is 10.0 Å². The van der Waals surface area contributed by atoms with Gasteiger partial charge < -0.3 is 5.32 Å². The van der Waals surface area contributed by atoms with Gasteiger partial charge >= 0.3 is 0 Å². The highest BCUT2D eigenvalue weighted by atomic mass is 32.2. The van der Waals surface area contributed by atoms with E-state index in [-0.39, 0.29) is 23.7 Å². The van der Waals surface area contributed by atoms with Crippen LogP contribution in [0.1, 0.15) is 13.8 Å². The maximum absolute atomic E-state index is 12.2. The van der Waals surface area contributed by atoms with Gasteiger partial charge in [0.15, 0.2) is 0 Å². The Hall–Kier alpha value is -2.99. The minimum absolute atomic E-state index is 0.0831. The third-order valence-electron chi connectivity index (χ3n) is 3.87. The molecule has 0 radical (unpaired) electrons. The highest BCUT2D eigenvalue weighted by Gasteiger charge is 2.32. The van der Waals surface area contributed by atoms with Crippen molar-refractivity contribution in [3.05, 3.63) is 45.6 Å². The zero-order valence-electron chi connectivity index (χ0n) is 14.5. The van der Waals surface area contributed by atoms with Crippen LogP contribution in [0.15, 0.2) is 50.7 Å². The van der Waals surface area contributed by atoms with Crippen LogP contribution < -0.4 is 10.0 Å². The van der Waals surface area contributed by atoms with Crippen LogP contribution in [-0.4, -0.2) is 38.2 Å². The molecule has 2 N–H and O–H groups in total. The van der Waals surface area contributed by atoms with Gasteiger partial charge in [0.1, 0.15) is 5.92 Å². The SMILES string of the molecule is CC1=C(C)C(C(=O)NCCNS(=O)(=O)c2cccc([N+](=O)[O-])c2)C(=O)N=N1.